The van der Waals surface area contributed by atoms with E-state index in [1.165, 1.54) is 11.1 Å². The van der Waals surface area contributed by atoms with E-state index in [4.69, 9.17) is 20.9 Å². The van der Waals surface area contributed by atoms with Gasteiger partial charge in [-0.1, -0.05) is 24.3 Å². The van der Waals surface area contributed by atoms with Gasteiger partial charge in [0.2, 0.25) is 11.9 Å². The number of anilines is 3. The van der Waals surface area contributed by atoms with Gasteiger partial charge in [0, 0.05) is 67.4 Å². The van der Waals surface area contributed by atoms with Gasteiger partial charge in [-0.3, -0.25) is 4.79 Å². The number of amides is 1. The maximum atomic E-state index is 13.7. The molecule has 214 valence electrons. The van der Waals surface area contributed by atoms with E-state index in [1.54, 1.807) is 45.1 Å². The summed E-state index contributed by atoms with van der Waals surface area (Å²) in [4.78, 5) is 32.5. The Kier molecular flexibility index (Phi) is 7.96. The second kappa shape index (κ2) is 11.9. The number of aromatic nitrogens is 4. The molecule has 1 amide bonds. The third-order valence-electron chi connectivity index (χ3n) is 6.74. The van der Waals surface area contributed by atoms with Gasteiger partial charge in [0.05, 0.1) is 20.4 Å². The van der Waals surface area contributed by atoms with Crippen molar-refractivity contribution in [3.63, 3.8) is 0 Å². The molecule has 0 bridgehead atoms. The van der Waals surface area contributed by atoms with E-state index in [0.29, 0.717) is 40.8 Å². The van der Waals surface area contributed by atoms with Crippen LogP contribution in [0.4, 0.5) is 17.7 Å². The molecule has 0 saturated heterocycles. The smallest absolute Gasteiger partial charge is 0.267 e. The van der Waals surface area contributed by atoms with Gasteiger partial charge in [0.1, 0.15) is 11.9 Å². The van der Waals surface area contributed by atoms with Crippen molar-refractivity contribution >= 4 is 35.9 Å². The average molecular weight is 566 g/mol. The predicted octanol–water partition coefficient (Wildman–Crippen LogP) is 3.08. The van der Waals surface area contributed by atoms with Crippen LogP contribution in [0, 0.1) is 0 Å². The number of rotatable bonds is 8. The lowest BCUT2D eigenvalue weighted by Crippen LogP contribution is -2.33. The molecule has 5 rings (SSSR count). The summed E-state index contributed by atoms with van der Waals surface area (Å²) in [6.45, 7) is 0. The maximum Gasteiger partial charge on any atom is 0.267 e. The highest BCUT2D eigenvalue weighted by atomic mass is 16.5. The molecule has 12 heteroatoms. The quantitative estimate of drug-likeness (QED) is 0.304. The van der Waals surface area contributed by atoms with Crippen LogP contribution in [0.2, 0.25) is 0 Å². The van der Waals surface area contributed by atoms with Crippen molar-refractivity contribution in [2.45, 2.75) is 12.5 Å². The number of ether oxygens (including phenoxy) is 2. The highest BCUT2D eigenvalue weighted by molar-refractivity contribution is 5.95. The van der Waals surface area contributed by atoms with Crippen molar-refractivity contribution in [3.05, 3.63) is 94.4 Å². The number of nitrogens with zero attached hydrogens (tertiary/aromatic N) is 7. The predicted molar refractivity (Wildman–Crippen MR) is 161 cm³/mol. The third kappa shape index (κ3) is 5.68. The Morgan fingerprint density at radius 3 is 2.50 bits per heavy atom. The molecule has 2 aromatic heterocycles. The summed E-state index contributed by atoms with van der Waals surface area (Å²) < 4.78 is 11.2. The standard InChI is InChI=1S/C30H31N9O3/c1-38(2)30-34-15-22(16-35-30)26-23-8-6-5-7-20(23)17-36-39(26)25(40)10-9-19-11-18(13-24(41-3)27(19)42-4)12-21-14-33-29(32)37-28(21)31/h5-11,13-17,26H,12H2,1-4H3,(H4,31,32,33,37)/b10-9+. The SMILES string of the molecule is COc1cc(Cc2cnc(N)nc2N)cc(/C=C/C(=O)N2N=Cc3ccccc3C2c2cnc(N(C)C)nc2)c1OC. The van der Waals surface area contributed by atoms with Crippen LogP contribution in [-0.2, 0) is 11.2 Å². The van der Waals surface area contributed by atoms with Crippen molar-refractivity contribution < 1.29 is 14.3 Å². The van der Waals surface area contributed by atoms with E-state index < -0.39 is 6.04 Å². The van der Waals surface area contributed by atoms with Gasteiger partial charge in [-0.15, -0.1) is 0 Å². The molecule has 2 aromatic carbocycles. The largest absolute Gasteiger partial charge is 0.493 e. The summed E-state index contributed by atoms with van der Waals surface area (Å²) in [6, 6.07) is 11.0. The fourth-order valence-electron chi connectivity index (χ4n) is 4.72. The molecule has 0 radical (unpaired) electrons. The molecule has 0 aliphatic carbocycles. The number of hydrogen-bond acceptors (Lipinski definition) is 11. The van der Waals surface area contributed by atoms with Crippen LogP contribution >= 0.6 is 0 Å². The van der Waals surface area contributed by atoms with Gasteiger partial charge >= 0.3 is 0 Å². The first-order valence-corrected chi connectivity index (χ1v) is 13.0. The molecule has 0 fully saturated rings. The Morgan fingerprint density at radius 1 is 1.05 bits per heavy atom. The topological polar surface area (TPSA) is 158 Å². The molecule has 42 heavy (non-hydrogen) atoms. The zero-order valence-corrected chi connectivity index (χ0v) is 23.7. The number of hydrazone groups is 1. The van der Waals surface area contributed by atoms with Crippen LogP contribution in [0.25, 0.3) is 6.08 Å². The van der Waals surface area contributed by atoms with Crippen molar-refractivity contribution in [1.29, 1.82) is 0 Å². The molecule has 0 saturated carbocycles. The first kappa shape index (κ1) is 28.0. The summed E-state index contributed by atoms with van der Waals surface area (Å²) >= 11 is 0. The fourth-order valence-corrected chi connectivity index (χ4v) is 4.72. The molecule has 0 spiro atoms. The number of methoxy groups -OCH3 is 2. The van der Waals surface area contributed by atoms with Gasteiger partial charge in [0.25, 0.3) is 5.91 Å². The lowest BCUT2D eigenvalue weighted by atomic mass is 9.94. The molecule has 3 heterocycles. The van der Waals surface area contributed by atoms with Crippen molar-refractivity contribution in [2.24, 2.45) is 5.10 Å². The molecular formula is C30H31N9O3. The van der Waals surface area contributed by atoms with Crippen LogP contribution in [-0.4, -0.2) is 65.4 Å². The van der Waals surface area contributed by atoms with E-state index in [2.05, 4.69) is 25.0 Å². The minimum atomic E-state index is -0.518. The van der Waals surface area contributed by atoms with Gasteiger partial charge in [-0.25, -0.2) is 20.0 Å². The number of fused-ring (bicyclic) bond motifs is 1. The highest BCUT2D eigenvalue weighted by Crippen LogP contribution is 2.36. The second-order valence-electron chi connectivity index (χ2n) is 9.74. The molecule has 4 aromatic rings. The fraction of sp³-hybridized carbons (Fsp3) is 0.200. The van der Waals surface area contributed by atoms with Crippen molar-refractivity contribution in [1.82, 2.24) is 24.9 Å². The molecule has 1 aliphatic heterocycles. The number of benzene rings is 2. The van der Waals surface area contributed by atoms with Crippen LogP contribution in [0.5, 0.6) is 11.5 Å². The van der Waals surface area contributed by atoms with E-state index in [9.17, 15) is 4.79 Å². The molecule has 1 atom stereocenters. The van der Waals surface area contributed by atoms with Gasteiger partial charge in [-0.05, 0) is 29.3 Å². The number of carbonyl (C=O) groups is 1. The summed E-state index contributed by atoms with van der Waals surface area (Å²) in [5, 5.41) is 5.94. The Hall–Kier alpha value is -5.52. The zero-order valence-electron chi connectivity index (χ0n) is 23.7. The van der Waals surface area contributed by atoms with Crippen LogP contribution in [0.3, 0.4) is 0 Å². The Bertz CT molecular complexity index is 1670. The minimum Gasteiger partial charge on any atom is -0.493 e. The summed E-state index contributed by atoms with van der Waals surface area (Å²) in [5.41, 5.74) is 16.4. The van der Waals surface area contributed by atoms with Gasteiger partial charge in [0.15, 0.2) is 11.5 Å². The molecular weight excluding hydrogens is 534 g/mol. The number of carbonyl (C=O) groups excluding carboxylic acids is 1. The van der Waals surface area contributed by atoms with Crippen LogP contribution in [0.15, 0.2) is 66.2 Å². The first-order valence-electron chi connectivity index (χ1n) is 13.0. The van der Waals surface area contributed by atoms with Crippen LogP contribution in [0.1, 0.15) is 39.4 Å². The first-order chi connectivity index (χ1) is 20.3. The Balaban J connectivity index is 1.49. The lowest BCUT2D eigenvalue weighted by Gasteiger charge is -2.31. The second-order valence-corrected chi connectivity index (χ2v) is 9.74. The normalized spacial score (nSPS) is 14.1. The molecule has 12 nitrogen and oxygen atoms in total. The molecule has 1 aliphatic rings. The van der Waals surface area contributed by atoms with Gasteiger partial charge in [-0.2, -0.15) is 10.1 Å². The summed E-state index contributed by atoms with van der Waals surface area (Å²) in [5.74, 6) is 1.59. The number of hydrogen-bond donors (Lipinski definition) is 2. The van der Waals surface area contributed by atoms with Crippen molar-refractivity contribution in [2.75, 3.05) is 44.7 Å². The third-order valence-corrected chi connectivity index (χ3v) is 6.74. The Labute approximate surface area is 243 Å². The van der Waals surface area contributed by atoms with E-state index in [-0.39, 0.29) is 11.9 Å². The van der Waals surface area contributed by atoms with Gasteiger partial charge < -0.3 is 25.8 Å². The minimum absolute atomic E-state index is 0.104. The number of nitrogen functional groups attached to an aromatic ring is 2. The van der Waals surface area contributed by atoms with E-state index in [0.717, 1.165) is 22.3 Å². The average Bonchev–Trinajstić information content (AvgIpc) is 3.00. The molecule has 1 unspecified atom stereocenters. The van der Waals surface area contributed by atoms with Crippen molar-refractivity contribution in [3.8, 4) is 11.5 Å². The monoisotopic (exact) mass is 565 g/mol. The van der Waals surface area contributed by atoms with E-state index >= 15 is 0 Å². The molecule has 4 N–H and O–H groups in total. The van der Waals surface area contributed by atoms with Crippen LogP contribution < -0.4 is 25.8 Å². The highest BCUT2D eigenvalue weighted by Gasteiger charge is 2.30. The summed E-state index contributed by atoms with van der Waals surface area (Å²) in [6.07, 6.45) is 10.3. The Morgan fingerprint density at radius 2 is 1.81 bits per heavy atom. The number of nitrogens with two attached hydrogens (primary N) is 2. The summed E-state index contributed by atoms with van der Waals surface area (Å²) in [7, 11) is 6.83. The van der Waals surface area contributed by atoms with E-state index in [1.807, 2.05) is 55.4 Å². The lowest BCUT2D eigenvalue weighted by molar-refractivity contribution is -0.127. The zero-order chi connectivity index (χ0) is 29.8. The maximum absolute atomic E-state index is 13.7.